The first kappa shape index (κ1) is 13.6. The zero-order valence-electron chi connectivity index (χ0n) is 11.7. The second kappa shape index (κ2) is 6.38. The van der Waals surface area contributed by atoms with E-state index in [-0.39, 0.29) is 6.04 Å². The van der Waals surface area contributed by atoms with Crippen LogP contribution in [0.15, 0.2) is 18.5 Å². The highest BCUT2D eigenvalue weighted by Crippen LogP contribution is 2.20. The van der Waals surface area contributed by atoms with Crippen LogP contribution in [0.1, 0.15) is 36.8 Å². The average molecular weight is 260 g/mol. The van der Waals surface area contributed by atoms with Gasteiger partial charge in [0.2, 0.25) is 0 Å². The van der Waals surface area contributed by atoms with Crippen LogP contribution in [0.3, 0.4) is 0 Å². The fourth-order valence-electron chi connectivity index (χ4n) is 2.20. The third-order valence-electron chi connectivity index (χ3n) is 3.08. The molecular weight excluding hydrogens is 240 g/mol. The van der Waals surface area contributed by atoms with Crippen molar-refractivity contribution < 1.29 is 0 Å². The van der Waals surface area contributed by atoms with Gasteiger partial charge in [-0.05, 0) is 35.4 Å². The van der Waals surface area contributed by atoms with Crippen molar-refractivity contribution >= 4 is 0 Å². The third-order valence-corrected chi connectivity index (χ3v) is 3.08. The number of hydrogen-bond acceptors (Lipinski definition) is 5. The van der Waals surface area contributed by atoms with E-state index in [1.807, 2.05) is 12.4 Å². The second-order valence-corrected chi connectivity index (χ2v) is 4.44. The van der Waals surface area contributed by atoms with E-state index >= 15 is 0 Å². The van der Waals surface area contributed by atoms with Crippen LogP contribution in [0.2, 0.25) is 0 Å². The van der Waals surface area contributed by atoms with E-state index in [0.29, 0.717) is 0 Å². The summed E-state index contributed by atoms with van der Waals surface area (Å²) in [7, 11) is 1.78. The number of aryl methyl sites for hydroxylation is 2. The Hall–Kier alpha value is -1.82. The van der Waals surface area contributed by atoms with E-state index in [1.54, 1.807) is 7.05 Å². The Morgan fingerprint density at radius 1 is 1.37 bits per heavy atom. The SMILES string of the molecule is CCNC(Cc1nnn(C)n1)c1ccncc1CC. The van der Waals surface area contributed by atoms with Crippen LogP contribution >= 0.6 is 0 Å². The molecule has 0 aliphatic heterocycles. The molecule has 0 saturated carbocycles. The molecule has 0 spiro atoms. The highest BCUT2D eigenvalue weighted by Gasteiger charge is 2.16. The number of pyridine rings is 1. The Morgan fingerprint density at radius 3 is 2.84 bits per heavy atom. The van der Waals surface area contributed by atoms with E-state index in [1.165, 1.54) is 15.9 Å². The van der Waals surface area contributed by atoms with Crippen LogP contribution in [0.25, 0.3) is 0 Å². The van der Waals surface area contributed by atoms with Gasteiger partial charge in [0.25, 0.3) is 0 Å². The van der Waals surface area contributed by atoms with Crippen molar-refractivity contribution in [1.29, 1.82) is 0 Å². The van der Waals surface area contributed by atoms with Crippen molar-refractivity contribution in [2.45, 2.75) is 32.7 Å². The predicted octanol–water partition coefficient (Wildman–Crippen LogP) is 1.06. The van der Waals surface area contributed by atoms with E-state index in [4.69, 9.17) is 0 Å². The largest absolute Gasteiger partial charge is 0.310 e. The summed E-state index contributed by atoms with van der Waals surface area (Å²) in [4.78, 5) is 5.69. The van der Waals surface area contributed by atoms with Crippen LogP contribution in [-0.2, 0) is 19.9 Å². The number of tetrazole rings is 1. The van der Waals surface area contributed by atoms with Crippen molar-refractivity contribution in [3.63, 3.8) is 0 Å². The molecule has 2 aromatic heterocycles. The molecule has 0 amide bonds. The normalized spacial score (nSPS) is 12.6. The number of hydrogen-bond donors (Lipinski definition) is 1. The van der Waals surface area contributed by atoms with Gasteiger partial charge in [0.15, 0.2) is 5.82 Å². The van der Waals surface area contributed by atoms with E-state index in [9.17, 15) is 0 Å². The Labute approximate surface area is 113 Å². The van der Waals surface area contributed by atoms with Crippen LogP contribution in [0.4, 0.5) is 0 Å². The van der Waals surface area contributed by atoms with Gasteiger partial charge in [-0.25, -0.2) is 0 Å². The lowest BCUT2D eigenvalue weighted by Crippen LogP contribution is -2.24. The summed E-state index contributed by atoms with van der Waals surface area (Å²) in [5, 5.41) is 15.7. The molecule has 19 heavy (non-hydrogen) atoms. The van der Waals surface area contributed by atoms with E-state index in [0.717, 1.165) is 25.2 Å². The van der Waals surface area contributed by atoms with Crippen LogP contribution in [-0.4, -0.2) is 31.7 Å². The van der Waals surface area contributed by atoms with Gasteiger partial charge in [0.1, 0.15) is 0 Å². The summed E-state index contributed by atoms with van der Waals surface area (Å²) in [5.41, 5.74) is 2.53. The zero-order chi connectivity index (χ0) is 13.7. The monoisotopic (exact) mass is 260 g/mol. The van der Waals surface area contributed by atoms with Crippen molar-refractivity contribution in [2.75, 3.05) is 6.54 Å². The molecule has 1 unspecified atom stereocenters. The molecule has 2 heterocycles. The third kappa shape index (κ3) is 3.35. The quantitative estimate of drug-likeness (QED) is 0.841. The van der Waals surface area contributed by atoms with Crippen molar-refractivity contribution in [3.8, 4) is 0 Å². The lowest BCUT2D eigenvalue weighted by Gasteiger charge is -2.19. The Morgan fingerprint density at radius 2 is 2.21 bits per heavy atom. The minimum Gasteiger partial charge on any atom is -0.310 e. The molecule has 2 rings (SSSR count). The number of rotatable bonds is 6. The first-order valence-electron chi connectivity index (χ1n) is 6.63. The van der Waals surface area contributed by atoms with Gasteiger partial charge < -0.3 is 5.32 Å². The van der Waals surface area contributed by atoms with Gasteiger partial charge in [-0.2, -0.15) is 4.80 Å². The van der Waals surface area contributed by atoms with Crippen molar-refractivity contribution in [1.82, 2.24) is 30.5 Å². The summed E-state index contributed by atoms with van der Waals surface area (Å²) in [6, 6.07) is 2.27. The summed E-state index contributed by atoms with van der Waals surface area (Å²) in [6.07, 6.45) is 5.48. The highest BCUT2D eigenvalue weighted by atomic mass is 15.6. The molecule has 0 saturated heterocycles. The Kier molecular flexibility index (Phi) is 4.57. The molecule has 102 valence electrons. The molecule has 0 aromatic carbocycles. The molecule has 6 heteroatoms. The summed E-state index contributed by atoms with van der Waals surface area (Å²) in [5.74, 6) is 0.757. The Bertz CT molecular complexity index is 521. The summed E-state index contributed by atoms with van der Waals surface area (Å²) in [6.45, 7) is 5.14. The number of likely N-dealkylation sites (N-methyl/N-ethyl adjacent to an activating group) is 1. The van der Waals surface area contributed by atoms with Crippen molar-refractivity contribution in [3.05, 3.63) is 35.4 Å². The topological polar surface area (TPSA) is 68.5 Å². The van der Waals surface area contributed by atoms with Gasteiger partial charge >= 0.3 is 0 Å². The molecule has 0 aliphatic rings. The maximum atomic E-state index is 4.25. The fraction of sp³-hybridized carbons (Fsp3) is 0.538. The Balaban J connectivity index is 2.23. The zero-order valence-corrected chi connectivity index (χ0v) is 11.7. The molecule has 0 bridgehead atoms. The average Bonchev–Trinajstić information content (AvgIpc) is 2.84. The van der Waals surface area contributed by atoms with E-state index < -0.39 is 0 Å². The molecule has 6 nitrogen and oxygen atoms in total. The highest BCUT2D eigenvalue weighted by molar-refractivity contribution is 5.27. The first-order chi connectivity index (χ1) is 9.24. The number of nitrogens with one attached hydrogen (secondary N) is 1. The smallest absolute Gasteiger partial charge is 0.176 e. The van der Waals surface area contributed by atoms with Crippen molar-refractivity contribution in [2.24, 2.45) is 7.05 Å². The molecule has 0 fully saturated rings. The standard InChI is InChI=1S/C13H20N6/c1-4-10-9-14-7-6-11(10)12(15-5-2)8-13-16-18-19(3)17-13/h6-7,9,12,15H,4-5,8H2,1-3H3. The number of aromatic nitrogens is 5. The molecule has 0 aliphatic carbocycles. The summed E-state index contributed by atoms with van der Waals surface area (Å²) < 4.78 is 0. The molecular formula is C13H20N6. The lowest BCUT2D eigenvalue weighted by molar-refractivity contribution is 0.530. The molecule has 2 aromatic rings. The second-order valence-electron chi connectivity index (χ2n) is 4.44. The fourth-order valence-corrected chi connectivity index (χ4v) is 2.20. The maximum Gasteiger partial charge on any atom is 0.176 e. The van der Waals surface area contributed by atoms with Gasteiger partial charge in [-0.15, -0.1) is 10.2 Å². The number of nitrogens with zero attached hydrogens (tertiary/aromatic N) is 5. The van der Waals surface area contributed by atoms with Crippen LogP contribution < -0.4 is 5.32 Å². The molecule has 1 atom stereocenters. The maximum absolute atomic E-state index is 4.25. The van der Waals surface area contributed by atoms with Gasteiger partial charge in [0, 0.05) is 24.9 Å². The van der Waals surface area contributed by atoms with Crippen LogP contribution in [0.5, 0.6) is 0 Å². The first-order valence-corrected chi connectivity index (χ1v) is 6.63. The molecule has 0 radical (unpaired) electrons. The summed E-state index contributed by atoms with van der Waals surface area (Å²) >= 11 is 0. The van der Waals surface area contributed by atoms with Crippen LogP contribution in [0, 0.1) is 0 Å². The predicted molar refractivity (Wildman–Crippen MR) is 72.5 cm³/mol. The minimum atomic E-state index is 0.201. The lowest BCUT2D eigenvalue weighted by atomic mass is 9.98. The van der Waals surface area contributed by atoms with Gasteiger partial charge in [0.05, 0.1) is 7.05 Å². The van der Waals surface area contributed by atoms with E-state index in [2.05, 4.69) is 45.6 Å². The van der Waals surface area contributed by atoms with Gasteiger partial charge in [-0.3, -0.25) is 4.98 Å². The molecule has 1 N–H and O–H groups in total. The van der Waals surface area contributed by atoms with Gasteiger partial charge in [-0.1, -0.05) is 13.8 Å². The minimum absolute atomic E-state index is 0.201.